The number of carbonyl (C=O) groups is 2. The fraction of sp³-hybridized carbons (Fsp3) is 0.588. The first-order chi connectivity index (χ1) is 11.6. The number of methoxy groups -OCH3 is 1. The Morgan fingerprint density at radius 3 is 2.54 bits per heavy atom. The number of hydrogen-bond acceptors (Lipinski definition) is 5. The number of anilines is 1. The average Bonchev–Trinajstić information content (AvgIpc) is 2.60. The number of piperidine rings is 1. The van der Waals surface area contributed by atoms with Crippen molar-refractivity contribution >= 4 is 42.4 Å². The first-order valence-corrected chi connectivity index (χ1v) is 8.31. The highest BCUT2D eigenvalue weighted by Crippen LogP contribution is 2.19. The number of aromatic nitrogens is 1. The summed E-state index contributed by atoms with van der Waals surface area (Å²) in [6.07, 6.45) is 3.09. The Balaban J connectivity index is 0.00000312. The van der Waals surface area contributed by atoms with Crippen molar-refractivity contribution < 1.29 is 14.3 Å². The summed E-state index contributed by atoms with van der Waals surface area (Å²) in [6.45, 7) is 4.74. The number of carbonyl (C=O) groups excluding carboxylic acids is 2. The zero-order valence-electron chi connectivity index (χ0n) is 15.2. The number of amides is 2. The maximum absolute atomic E-state index is 12.3. The van der Waals surface area contributed by atoms with Crippen LogP contribution in [0.15, 0.2) is 18.3 Å². The van der Waals surface area contributed by atoms with Crippen LogP contribution in [0.3, 0.4) is 0 Å². The molecule has 1 aliphatic heterocycles. The summed E-state index contributed by atoms with van der Waals surface area (Å²) in [6, 6.07) is 3.72. The van der Waals surface area contributed by atoms with Gasteiger partial charge in [0.1, 0.15) is 5.82 Å². The maximum Gasteiger partial charge on any atom is 0.236 e. The van der Waals surface area contributed by atoms with Gasteiger partial charge in [0.2, 0.25) is 11.8 Å². The number of halogens is 2. The van der Waals surface area contributed by atoms with Gasteiger partial charge in [0.05, 0.1) is 13.2 Å². The van der Waals surface area contributed by atoms with Crippen molar-refractivity contribution in [1.29, 1.82) is 0 Å². The van der Waals surface area contributed by atoms with E-state index < -0.39 is 0 Å². The second-order valence-corrected chi connectivity index (χ2v) is 6.03. The van der Waals surface area contributed by atoms with Crippen LogP contribution in [0.5, 0.6) is 0 Å². The van der Waals surface area contributed by atoms with Gasteiger partial charge in [0.15, 0.2) is 0 Å². The Morgan fingerprint density at radius 1 is 1.27 bits per heavy atom. The standard InChI is InChI=1S/C17H26N4O3.2ClH/c1-13-3-4-15(19-11-13)20-17(23)14-5-8-21(9-6-14)16(22)12-18-7-10-24-2;;/h3-4,11,14,18H,5-10,12H2,1-2H3,(H,19,20,23);2*1H. The molecule has 1 fully saturated rings. The Labute approximate surface area is 167 Å². The van der Waals surface area contributed by atoms with Gasteiger partial charge >= 0.3 is 0 Å². The van der Waals surface area contributed by atoms with E-state index in [2.05, 4.69) is 15.6 Å². The van der Waals surface area contributed by atoms with Crippen molar-refractivity contribution in [3.05, 3.63) is 23.9 Å². The summed E-state index contributed by atoms with van der Waals surface area (Å²) < 4.78 is 4.93. The number of aryl methyl sites for hydroxylation is 1. The molecule has 0 radical (unpaired) electrons. The number of rotatable bonds is 7. The van der Waals surface area contributed by atoms with Crippen molar-refractivity contribution in [2.75, 3.05) is 45.2 Å². The minimum absolute atomic E-state index is 0. The van der Waals surface area contributed by atoms with E-state index >= 15 is 0 Å². The SMILES string of the molecule is COCCNCC(=O)N1CCC(C(=O)Nc2ccc(C)cn2)CC1.Cl.Cl. The van der Waals surface area contributed by atoms with Crippen LogP contribution in [0.1, 0.15) is 18.4 Å². The predicted molar refractivity (Wildman–Crippen MR) is 106 cm³/mol. The van der Waals surface area contributed by atoms with Crippen molar-refractivity contribution in [2.24, 2.45) is 5.92 Å². The van der Waals surface area contributed by atoms with E-state index in [1.807, 2.05) is 17.9 Å². The third-order valence-corrected chi connectivity index (χ3v) is 4.14. The molecule has 1 aromatic heterocycles. The molecule has 7 nitrogen and oxygen atoms in total. The number of pyridine rings is 1. The minimum atomic E-state index is -0.0707. The first-order valence-electron chi connectivity index (χ1n) is 8.31. The van der Waals surface area contributed by atoms with Crippen molar-refractivity contribution in [2.45, 2.75) is 19.8 Å². The van der Waals surface area contributed by atoms with E-state index in [1.54, 1.807) is 19.4 Å². The molecule has 148 valence electrons. The van der Waals surface area contributed by atoms with Crippen LogP contribution >= 0.6 is 24.8 Å². The molecule has 0 atom stereocenters. The molecular weight excluding hydrogens is 379 g/mol. The molecule has 9 heteroatoms. The van der Waals surface area contributed by atoms with Gasteiger partial charge in [-0.2, -0.15) is 0 Å². The Morgan fingerprint density at radius 2 is 1.96 bits per heavy atom. The molecule has 0 bridgehead atoms. The molecule has 1 aromatic rings. The fourth-order valence-corrected chi connectivity index (χ4v) is 2.64. The third kappa shape index (κ3) is 7.86. The number of nitrogens with zero attached hydrogens (tertiary/aromatic N) is 2. The molecule has 2 heterocycles. The number of ether oxygens (including phenoxy) is 1. The normalized spacial score (nSPS) is 14.2. The average molecular weight is 407 g/mol. The molecule has 1 aliphatic rings. The lowest BCUT2D eigenvalue weighted by Crippen LogP contribution is -2.45. The van der Waals surface area contributed by atoms with E-state index in [-0.39, 0.29) is 42.5 Å². The zero-order chi connectivity index (χ0) is 17.4. The zero-order valence-corrected chi connectivity index (χ0v) is 16.8. The molecule has 0 saturated carbocycles. The highest BCUT2D eigenvalue weighted by atomic mass is 35.5. The van der Waals surface area contributed by atoms with E-state index in [1.165, 1.54) is 0 Å². The molecule has 0 spiro atoms. The molecule has 0 aliphatic carbocycles. The lowest BCUT2D eigenvalue weighted by molar-refractivity contribution is -0.133. The largest absolute Gasteiger partial charge is 0.383 e. The molecule has 26 heavy (non-hydrogen) atoms. The highest BCUT2D eigenvalue weighted by molar-refractivity contribution is 5.92. The van der Waals surface area contributed by atoms with Gasteiger partial charge < -0.3 is 20.3 Å². The van der Waals surface area contributed by atoms with Gasteiger partial charge in [-0.05, 0) is 31.4 Å². The summed E-state index contributed by atoms with van der Waals surface area (Å²) in [5.41, 5.74) is 1.05. The number of nitrogens with one attached hydrogen (secondary N) is 2. The molecule has 0 unspecified atom stereocenters. The number of likely N-dealkylation sites (tertiary alicyclic amines) is 1. The maximum atomic E-state index is 12.3. The third-order valence-electron chi connectivity index (χ3n) is 4.14. The monoisotopic (exact) mass is 406 g/mol. The quantitative estimate of drug-likeness (QED) is 0.672. The van der Waals surface area contributed by atoms with E-state index in [0.29, 0.717) is 51.4 Å². The van der Waals surface area contributed by atoms with Gasteiger partial charge in [-0.1, -0.05) is 6.07 Å². The summed E-state index contributed by atoms with van der Waals surface area (Å²) in [5.74, 6) is 0.562. The molecule has 2 N–H and O–H groups in total. The highest BCUT2D eigenvalue weighted by Gasteiger charge is 2.27. The van der Waals surface area contributed by atoms with Gasteiger partial charge in [0.25, 0.3) is 0 Å². The molecule has 0 aromatic carbocycles. The van der Waals surface area contributed by atoms with Crippen LogP contribution in [-0.2, 0) is 14.3 Å². The fourth-order valence-electron chi connectivity index (χ4n) is 2.64. The van der Waals surface area contributed by atoms with Crippen molar-refractivity contribution in [3.63, 3.8) is 0 Å². The van der Waals surface area contributed by atoms with E-state index in [0.717, 1.165) is 5.56 Å². The lowest BCUT2D eigenvalue weighted by atomic mass is 9.96. The van der Waals surface area contributed by atoms with Crippen LogP contribution in [0, 0.1) is 12.8 Å². The molecule has 2 amide bonds. The predicted octanol–water partition coefficient (Wildman–Crippen LogP) is 1.65. The van der Waals surface area contributed by atoms with Crippen LogP contribution in [0.4, 0.5) is 5.82 Å². The lowest BCUT2D eigenvalue weighted by Gasteiger charge is -2.31. The van der Waals surface area contributed by atoms with E-state index in [4.69, 9.17) is 4.74 Å². The molecule has 1 saturated heterocycles. The van der Waals surface area contributed by atoms with Crippen LogP contribution in [0.2, 0.25) is 0 Å². The topological polar surface area (TPSA) is 83.6 Å². The summed E-state index contributed by atoms with van der Waals surface area (Å²) in [7, 11) is 1.63. The van der Waals surface area contributed by atoms with E-state index in [9.17, 15) is 9.59 Å². The van der Waals surface area contributed by atoms with Crippen molar-refractivity contribution in [1.82, 2.24) is 15.2 Å². The molecule has 2 rings (SSSR count). The Kier molecular flexibility index (Phi) is 12.2. The van der Waals surface area contributed by atoms with Crippen LogP contribution in [0.25, 0.3) is 0 Å². The summed E-state index contributed by atoms with van der Waals surface area (Å²) in [5, 5.41) is 5.90. The van der Waals surface area contributed by atoms with Gasteiger partial charge in [-0.15, -0.1) is 24.8 Å². The van der Waals surface area contributed by atoms with Crippen LogP contribution < -0.4 is 10.6 Å². The van der Waals surface area contributed by atoms with Gasteiger partial charge in [-0.3, -0.25) is 9.59 Å². The summed E-state index contributed by atoms with van der Waals surface area (Å²) in [4.78, 5) is 30.4. The Bertz CT molecular complexity index is 549. The molecular formula is C17H28Cl2N4O3. The first kappa shape index (κ1) is 24.6. The van der Waals surface area contributed by atoms with Crippen molar-refractivity contribution in [3.8, 4) is 0 Å². The smallest absolute Gasteiger partial charge is 0.236 e. The van der Waals surface area contributed by atoms with Gasteiger partial charge in [-0.25, -0.2) is 4.98 Å². The Hall–Kier alpha value is -1.41. The van der Waals surface area contributed by atoms with Crippen LogP contribution in [-0.4, -0.2) is 61.6 Å². The van der Waals surface area contributed by atoms with Gasteiger partial charge in [0, 0.05) is 38.9 Å². The number of hydrogen-bond donors (Lipinski definition) is 2. The second-order valence-electron chi connectivity index (χ2n) is 6.03. The second kappa shape index (κ2) is 12.9. The summed E-state index contributed by atoms with van der Waals surface area (Å²) >= 11 is 0. The minimum Gasteiger partial charge on any atom is -0.383 e.